The minimum atomic E-state index is -0.661. The summed E-state index contributed by atoms with van der Waals surface area (Å²) in [5.74, 6) is -1.61. The number of hydrogen-bond donors (Lipinski definition) is 2. The monoisotopic (exact) mass is 461 g/mol. The standard InChI is InChI=1S/C21H20ClN3O5S/c1-5-29-21(28)15-10(2)16(20(27)25(3)4)31-19(15)24-18(26)13-9-11-8-12(22)6-7-14(11)30-17(13)23/h6-9,23H,5H2,1-4H3,(H,24,26). The van der Waals surface area contributed by atoms with E-state index in [4.69, 9.17) is 26.2 Å². The molecule has 0 spiro atoms. The van der Waals surface area contributed by atoms with Gasteiger partial charge < -0.3 is 19.4 Å². The van der Waals surface area contributed by atoms with E-state index < -0.39 is 11.9 Å². The summed E-state index contributed by atoms with van der Waals surface area (Å²) < 4.78 is 10.5. The molecule has 0 bridgehead atoms. The third kappa shape index (κ3) is 4.47. The van der Waals surface area contributed by atoms with Crippen molar-refractivity contribution in [3.05, 3.63) is 56.4 Å². The molecule has 0 aliphatic heterocycles. The highest BCUT2D eigenvalue weighted by atomic mass is 35.5. The van der Waals surface area contributed by atoms with Crippen LogP contribution in [0.4, 0.5) is 5.00 Å². The average molecular weight is 462 g/mol. The molecule has 2 N–H and O–H groups in total. The third-order valence-electron chi connectivity index (χ3n) is 4.43. The SMILES string of the molecule is CCOC(=O)c1c(NC(=O)c2cc3cc(Cl)ccc3oc2=N)sc(C(=O)N(C)C)c1C. The zero-order chi connectivity index (χ0) is 22.9. The number of hydrogen-bond acceptors (Lipinski definition) is 7. The molecular weight excluding hydrogens is 442 g/mol. The maximum atomic E-state index is 13.0. The van der Waals surface area contributed by atoms with Gasteiger partial charge in [0.05, 0.1) is 17.0 Å². The fourth-order valence-corrected chi connectivity index (χ4v) is 4.30. The second-order valence-corrected chi connectivity index (χ2v) is 8.26. The number of rotatable bonds is 5. The quantitative estimate of drug-likeness (QED) is 0.556. The number of carbonyl (C=O) groups excluding carboxylic acids is 3. The molecule has 31 heavy (non-hydrogen) atoms. The molecule has 2 amide bonds. The zero-order valence-corrected chi connectivity index (χ0v) is 18.9. The second kappa shape index (κ2) is 8.91. The molecule has 0 aliphatic rings. The van der Waals surface area contributed by atoms with Gasteiger partial charge in [-0.25, -0.2) is 4.79 Å². The summed E-state index contributed by atoms with van der Waals surface area (Å²) in [6, 6.07) is 6.33. The molecule has 8 nitrogen and oxygen atoms in total. The Bertz CT molecular complexity index is 1260. The summed E-state index contributed by atoms with van der Waals surface area (Å²) in [5.41, 5.74) is 0.541. The van der Waals surface area contributed by atoms with Gasteiger partial charge in [0.15, 0.2) is 0 Å². The average Bonchev–Trinajstić information content (AvgIpc) is 3.02. The number of nitrogens with one attached hydrogen (secondary N) is 2. The van der Waals surface area contributed by atoms with Gasteiger partial charge in [0.2, 0.25) is 5.55 Å². The highest BCUT2D eigenvalue weighted by Gasteiger charge is 2.28. The van der Waals surface area contributed by atoms with Crippen LogP contribution in [0.3, 0.4) is 0 Å². The minimum absolute atomic E-state index is 0.0453. The first kappa shape index (κ1) is 22.5. The van der Waals surface area contributed by atoms with Crippen molar-refractivity contribution >= 4 is 56.7 Å². The summed E-state index contributed by atoms with van der Waals surface area (Å²) in [6.07, 6.45) is 0. The Morgan fingerprint density at radius 2 is 1.97 bits per heavy atom. The molecule has 2 heterocycles. The molecule has 2 aromatic heterocycles. The van der Waals surface area contributed by atoms with E-state index in [1.54, 1.807) is 46.1 Å². The van der Waals surface area contributed by atoms with Gasteiger partial charge in [-0.15, -0.1) is 11.3 Å². The molecule has 3 rings (SSSR count). The van der Waals surface area contributed by atoms with Crippen LogP contribution in [0.5, 0.6) is 0 Å². The maximum absolute atomic E-state index is 13.0. The summed E-state index contributed by atoms with van der Waals surface area (Å²) in [6.45, 7) is 3.43. The molecule has 0 unspecified atom stereocenters. The van der Waals surface area contributed by atoms with Crippen LogP contribution < -0.4 is 10.9 Å². The van der Waals surface area contributed by atoms with Gasteiger partial charge in [0.25, 0.3) is 11.8 Å². The van der Waals surface area contributed by atoms with Crippen molar-refractivity contribution in [1.29, 1.82) is 5.41 Å². The molecule has 0 aliphatic carbocycles. The minimum Gasteiger partial charge on any atom is -0.462 e. The number of nitrogens with zero attached hydrogens (tertiary/aromatic N) is 1. The molecule has 0 radical (unpaired) electrons. The van der Waals surface area contributed by atoms with E-state index in [1.807, 2.05) is 0 Å². The largest absolute Gasteiger partial charge is 0.462 e. The van der Waals surface area contributed by atoms with Gasteiger partial charge >= 0.3 is 5.97 Å². The first-order valence-electron chi connectivity index (χ1n) is 9.25. The highest BCUT2D eigenvalue weighted by molar-refractivity contribution is 7.18. The first-order valence-corrected chi connectivity index (χ1v) is 10.4. The van der Waals surface area contributed by atoms with Crippen LogP contribution >= 0.6 is 22.9 Å². The molecule has 3 aromatic rings. The number of amides is 2. The van der Waals surface area contributed by atoms with Crippen LogP contribution in [0, 0.1) is 12.3 Å². The topological polar surface area (TPSA) is 113 Å². The van der Waals surface area contributed by atoms with Gasteiger partial charge in [-0.2, -0.15) is 0 Å². The van der Waals surface area contributed by atoms with E-state index in [1.165, 1.54) is 11.0 Å². The number of esters is 1. The van der Waals surface area contributed by atoms with Gasteiger partial charge in [0.1, 0.15) is 16.1 Å². The summed E-state index contributed by atoms with van der Waals surface area (Å²) >= 11 is 6.98. The Kier molecular flexibility index (Phi) is 6.47. The van der Waals surface area contributed by atoms with Crippen LogP contribution in [0.1, 0.15) is 42.9 Å². The van der Waals surface area contributed by atoms with E-state index in [9.17, 15) is 14.4 Å². The molecule has 0 atom stereocenters. The zero-order valence-electron chi connectivity index (χ0n) is 17.3. The van der Waals surface area contributed by atoms with Crippen molar-refractivity contribution in [2.24, 2.45) is 0 Å². The van der Waals surface area contributed by atoms with E-state index in [-0.39, 0.29) is 34.2 Å². The lowest BCUT2D eigenvalue weighted by molar-refractivity contribution is 0.0527. The summed E-state index contributed by atoms with van der Waals surface area (Å²) in [7, 11) is 3.19. The van der Waals surface area contributed by atoms with Crippen LogP contribution in [0.15, 0.2) is 28.7 Å². The predicted molar refractivity (Wildman–Crippen MR) is 118 cm³/mol. The fraction of sp³-hybridized carbons (Fsp3) is 0.238. The number of benzene rings is 1. The highest BCUT2D eigenvalue weighted by Crippen LogP contribution is 2.34. The van der Waals surface area contributed by atoms with Crippen molar-refractivity contribution < 1.29 is 23.5 Å². The number of thiophene rings is 1. The van der Waals surface area contributed by atoms with E-state index in [0.29, 0.717) is 26.4 Å². The second-order valence-electron chi connectivity index (χ2n) is 6.81. The molecule has 162 valence electrons. The molecule has 0 fully saturated rings. The Hall–Kier alpha value is -3.17. The van der Waals surface area contributed by atoms with E-state index >= 15 is 0 Å². The van der Waals surface area contributed by atoms with Crippen LogP contribution in [-0.4, -0.2) is 43.4 Å². The molecule has 1 aromatic carbocycles. The first-order chi connectivity index (χ1) is 14.6. The van der Waals surface area contributed by atoms with Crippen molar-refractivity contribution in [3.8, 4) is 0 Å². The van der Waals surface area contributed by atoms with Crippen LogP contribution in [-0.2, 0) is 4.74 Å². The van der Waals surface area contributed by atoms with Crippen molar-refractivity contribution in [2.45, 2.75) is 13.8 Å². The van der Waals surface area contributed by atoms with E-state index in [2.05, 4.69) is 5.32 Å². The molecule has 0 saturated heterocycles. The van der Waals surface area contributed by atoms with Gasteiger partial charge in [-0.3, -0.25) is 15.0 Å². The van der Waals surface area contributed by atoms with Crippen molar-refractivity contribution in [2.75, 3.05) is 26.0 Å². The van der Waals surface area contributed by atoms with Gasteiger partial charge in [-0.05, 0) is 43.7 Å². The summed E-state index contributed by atoms with van der Waals surface area (Å²) in [5, 5.41) is 11.9. The maximum Gasteiger partial charge on any atom is 0.341 e. The predicted octanol–water partition coefficient (Wildman–Crippen LogP) is 4.07. The van der Waals surface area contributed by atoms with E-state index in [0.717, 1.165) is 11.3 Å². The fourth-order valence-electron chi connectivity index (χ4n) is 2.91. The van der Waals surface area contributed by atoms with Gasteiger partial charge in [0, 0.05) is 24.5 Å². The molecule has 0 saturated carbocycles. The van der Waals surface area contributed by atoms with Crippen molar-refractivity contribution in [1.82, 2.24) is 4.90 Å². The normalized spacial score (nSPS) is 10.7. The Balaban J connectivity index is 2.06. The lowest BCUT2D eigenvalue weighted by Crippen LogP contribution is -2.21. The number of fused-ring (bicyclic) bond motifs is 1. The lowest BCUT2D eigenvalue weighted by Gasteiger charge is -2.09. The number of carbonyl (C=O) groups is 3. The summed E-state index contributed by atoms with van der Waals surface area (Å²) in [4.78, 5) is 39.7. The Morgan fingerprint density at radius 1 is 1.26 bits per heavy atom. The smallest absolute Gasteiger partial charge is 0.341 e. The number of halogens is 1. The van der Waals surface area contributed by atoms with Crippen LogP contribution in [0.25, 0.3) is 11.0 Å². The Morgan fingerprint density at radius 3 is 2.61 bits per heavy atom. The molecular formula is C21H20ClN3O5S. The lowest BCUT2D eigenvalue weighted by atomic mass is 10.1. The Labute approximate surface area is 186 Å². The van der Waals surface area contributed by atoms with Crippen LogP contribution in [0.2, 0.25) is 5.02 Å². The van der Waals surface area contributed by atoms with Gasteiger partial charge in [-0.1, -0.05) is 11.6 Å². The third-order valence-corrected chi connectivity index (χ3v) is 5.86. The number of anilines is 1. The van der Waals surface area contributed by atoms with Crippen molar-refractivity contribution in [3.63, 3.8) is 0 Å². The number of ether oxygens (including phenoxy) is 1. The molecule has 10 heteroatoms.